The van der Waals surface area contributed by atoms with Gasteiger partial charge in [0.1, 0.15) is 11.8 Å². The Morgan fingerprint density at radius 2 is 1.82 bits per heavy atom. The average Bonchev–Trinajstić information content (AvgIpc) is 3.59. The zero-order chi connectivity index (χ0) is 28.9. The van der Waals surface area contributed by atoms with Gasteiger partial charge in [-0.2, -0.15) is 0 Å². The van der Waals surface area contributed by atoms with E-state index in [1.54, 1.807) is 30.8 Å². The smallest absolute Gasteiger partial charge is 0.254 e. The predicted molar refractivity (Wildman–Crippen MR) is 157 cm³/mol. The molecular formula is C31H39N3O5S. The number of phenolic OH excluding ortho intramolecular Hbond substituents is 1. The van der Waals surface area contributed by atoms with E-state index in [-0.39, 0.29) is 28.4 Å². The molecule has 8 nitrogen and oxygen atoms in total. The molecule has 0 bridgehead atoms. The summed E-state index contributed by atoms with van der Waals surface area (Å²) in [4.78, 5) is 42.3. The van der Waals surface area contributed by atoms with E-state index < -0.39 is 30.0 Å². The third-order valence-corrected chi connectivity index (χ3v) is 9.73. The van der Waals surface area contributed by atoms with E-state index in [0.717, 1.165) is 36.8 Å². The number of aliphatic hydroxyl groups is 1. The fourth-order valence-corrected chi connectivity index (χ4v) is 7.23. The van der Waals surface area contributed by atoms with Crippen molar-refractivity contribution in [3.05, 3.63) is 76.9 Å². The van der Waals surface area contributed by atoms with Crippen LogP contribution >= 0.6 is 11.8 Å². The van der Waals surface area contributed by atoms with Crippen molar-refractivity contribution in [1.29, 1.82) is 0 Å². The van der Waals surface area contributed by atoms with Crippen LogP contribution in [0.25, 0.3) is 0 Å². The number of carbonyl (C=O) groups excluding carboxylic acids is 3. The number of thioether (sulfide) groups is 1. The number of benzene rings is 2. The van der Waals surface area contributed by atoms with Crippen LogP contribution in [0.2, 0.25) is 0 Å². The number of hydrogen-bond donors (Lipinski definition) is 4. The van der Waals surface area contributed by atoms with Gasteiger partial charge < -0.3 is 25.7 Å². The molecule has 214 valence electrons. The number of aromatic hydroxyl groups is 1. The molecule has 1 aliphatic heterocycles. The molecule has 4 rings (SSSR count). The van der Waals surface area contributed by atoms with E-state index >= 15 is 0 Å². The van der Waals surface area contributed by atoms with Crippen molar-refractivity contribution in [2.75, 3.05) is 12.4 Å². The van der Waals surface area contributed by atoms with Crippen molar-refractivity contribution in [3.8, 4) is 5.75 Å². The first-order valence-electron chi connectivity index (χ1n) is 13.8. The van der Waals surface area contributed by atoms with Gasteiger partial charge in [0.05, 0.1) is 11.9 Å². The average molecular weight is 566 g/mol. The lowest BCUT2D eigenvalue weighted by Crippen LogP contribution is -2.59. The van der Waals surface area contributed by atoms with Crippen molar-refractivity contribution in [3.63, 3.8) is 0 Å². The number of amides is 3. The summed E-state index contributed by atoms with van der Waals surface area (Å²) < 4.78 is -0.375. The number of phenols is 1. The number of rotatable bonds is 9. The van der Waals surface area contributed by atoms with Crippen LogP contribution in [0.1, 0.15) is 61.0 Å². The third-order valence-electron chi connectivity index (χ3n) is 8.12. The first-order valence-corrected chi connectivity index (χ1v) is 14.8. The fraction of sp³-hybridized carbons (Fsp3) is 0.452. The molecule has 0 aromatic heterocycles. The van der Waals surface area contributed by atoms with Gasteiger partial charge in [-0.05, 0) is 57.7 Å². The lowest BCUT2D eigenvalue weighted by molar-refractivity contribution is -0.147. The van der Waals surface area contributed by atoms with Gasteiger partial charge in [-0.15, -0.1) is 11.8 Å². The Morgan fingerprint density at radius 1 is 1.12 bits per heavy atom. The Bertz CT molecular complexity index is 1260. The molecule has 1 heterocycles. The molecule has 3 atom stereocenters. The molecule has 2 aromatic carbocycles. The summed E-state index contributed by atoms with van der Waals surface area (Å²) >= 11 is 1.62. The molecule has 1 saturated carbocycles. The Morgan fingerprint density at radius 3 is 2.50 bits per heavy atom. The molecule has 1 spiro atoms. The zero-order valence-electron chi connectivity index (χ0n) is 23.4. The molecule has 40 heavy (non-hydrogen) atoms. The van der Waals surface area contributed by atoms with E-state index in [2.05, 4.69) is 10.6 Å². The normalized spacial score (nSPS) is 19.9. The maximum Gasteiger partial charge on any atom is 0.254 e. The van der Waals surface area contributed by atoms with Gasteiger partial charge in [0.2, 0.25) is 5.91 Å². The summed E-state index contributed by atoms with van der Waals surface area (Å²) in [7, 11) is 0. The number of nitrogens with one attached hydrogen (secondary N) is 2. The van der Waals surface area contributed by atoms with E-state index in [9.17, 15) is 24.6 Å². The number of carbonyl (C=O) groups is 3. The van der Waals surface area contributed by atoms with Crippen LogP contribution in [0.3, 0.4) is 0 Å². The highest BCUT2D eigenvalue weighted by molar-refractivity contribution is 8.01. The number of allylic oxidation sites excluding steroid dienone is 1. The summed E-state index contributed by atoms with van der Waals surface area (Å²) in [6, 6.07) is 12.3. The Balaban J connectivity index is 1.60. The molecule has 2 aliphatic rings. The Kier molecular flexibility index (Phi) is 9.58. The quantitative estimate of drug-likeness (QED) is 0.345. The van der Waals surface area contributed by atoms with Crippen LogP contribution in [-0.4, -0.2) is 68.2 Å². The van der Waals surface area contributed by atoms with E-state index in [1.165, 1.54) is 11.0 Å². The first-order chi connectivity index (χ1) is 19.2. The van der Waals surface area contributed by atoms with Crippen LogP contribution in [0.5, 0.6) is 5.75 Å². The highest BCUT2D eigenvalue weighted by Gasteiger charge is 2.55. The SMILES string of the molecule is C/C=C(\C)CNC(=O)[C@H]1N(C(=O)[C@@H](O)[C@H](Cc2ccccc2)NC(=O)c2cccc(O)c2C)CSC12CCCC2. The van der Waals surface area contributed by atoms with Crippen LogP contribution in [0.4, 0.5) is 0 Å². The second kappa shape index (κ2) is 12.9. The van der Waals surface area contributed by atoms with Crippen LogP contribution < -0.4 is 10.6 Å². The largest absolute Gasteiger partial charge is 0.508 e. The number of aliphatic hydroxyl groups excluding tert-OH is 1. The maximum atomic E-state index is 13.9. The van der Waals surface area contributed by atoms with E-state index in [4.69, 9.17) is 0 Å². The summed E-state index contributed by atoms with van der Waals surface area (Å²) in [5.74, 6) is -1.00. The predicted octanol–water partition coefficient (Wildman–Crippen LogP) is 3.70. The standard InChI is InChI=1S/C31H39N3O5S/c1-4-20(2)18-32-29(38)27-31(15-8-9-16-31)40-19-34(27)30(39)26(36)24(17-22-11-6-5-7-12-22)33-28(37)23-13-10-14-25(35)21(23)3/h4-7,10-14,24,26-27,35-36H,8-9,15-19H2,1-3H3,(H,32,38)(H,33,37)/b20-4+/t24-,26-,27+/m0/s1. The minimum atomic E-state index is -1.58. The molecule has 3 amide bonds. The highest BCUT2D eigenvalue weighted by Crippen LogP contribution is 2.51. The summed E-state index contributed by atoms with van der Waals surface area (Å²) in [6.07, 6.45) is 4.22. The van der Waals surface area contributed by atoms with Gasteiger partial charge in [-0.3, -0.25) is 14.4 Å². The topological polar surface area (TPSA) is 119 Å². The zero-order valence-corrected chi connectivity index (χ0v) is 24.2. The highest BCUT2D eigenvalue weighted by atomic mass is 32.2. The van der Waals surface area contributed by atoms with Crippen molar-refractivity contribution >= 4 is 29.5 Å². The fourth-order valence-electron chi connectivity index (χ4n) is 5.59. The summed E-state index contributed by atoms with van der Waals surface area (Å²) in [5, 5.41) is 27.4. The second-order valence-corrected chi connectivity index (χ2v) is 12.1. The van der Waals surface area contributed by atoms with Gasteiger partial charge in [-0.25, -0.2) is 0 Å². The molecule has 9 heteroatoms. The van der Waals surface area contributed by atoms with Gasteiger partial charge in [0, 0.05) is 22.4 Å². The molecular weight excluding hydrogens is 526 g/mol. The van der Waals surface area contributed by atoms with Crippen molar-refractivity contribution in [2.45, 2.75) is 75.8 Å². The van der Waals surface area contributed by atoms with Gasteiger partial charge in [-0.1, -0.05) is 60.9 Å². The number of nitrogens with zero attached hydrogens (tertiary/aromatic N) is 1. The molecule has 0 radical (unpaired) electrons. The molecule has 1 aliphatic carbocycles. The number of hydrogen-bond acceptors (Lipinski definition) is 6. The van der Waals surface area contributed by atoms with Gasteiger partial charge >= 0.3 is 0 Å². The lowest BCUT2D eigenvalue weighted by Gasteiger charge is -2.35. The first kappa shape index (κ1) is 29.7. The molecule has 0 unspecified atom stereocenters. The lowest BCUT2D eigenvalue weighted by atomic mass is 9.93. The molecule has 2 aromatic rings. The van der Waals surface area contributed by atoms with E-state index in [1.807, 2.05) is 50.3 Å². The molecule has 2 fully saturated rings. The van der Waals surface area contributed by atoms with Crippen molar-refractivity contribution < 1.29 is 24.6 Å². The summed E-state index contributed by atoms with van der Waals surface area (Å²) in [5.41, 5.74) is 2.53. The summed E-state index contributed by atoms with van der Waals surface area (Å²) in [6.45, 7) is 5.89. The Hall–Kier alpha value is -3.30. The third kappa shape index (κ3) is 6.36. The Labute approximate surface area is 240 Å². The van der Waals surface area contributed by atoms with Crippen molar-refractivity contribution in [1.82, 2.24) is 15.5 Å². The van der Waals surface area contributed by atoms with Crippen molar-refractivity contribution in [2.24, 2.45) is 0 Å². The minimum absolute atomic E-state index is 0.0122. The van der Waals surface area contributed by atoms with Crippen LogP contribution in [0, 0.1) is 6.92 Å². The van der Waals surface area contributed by atoms with Gasteiger partial charge in [0.25, 0.3) is 11.8 Å². The monoisotopic (exact) mass is 565 g/mol. The second-order valence-electron chi connectivity index (χ2n) is 10.8. The molecule has 1 saturated heterocycles. The van der Waals surface area contributed by atoms with Crippen LogP contribution in [0.15, 0.2) is 60.2 Å². The van der Waals surface area contributed by atoms with Gasteiger partial charge in [0.15, 0.2) is 6.10 Å². The van der Waals surface area contributed by atoms with E-state index in [0.29, 0.717) is 18.0 Å². The maximum absolute atomic E-state index is 13.9. The van der Waals surface area contributed by atoms with Crippen LogP contribution in [-0.2, 0) is 16.0 Å². The molecule has 4 N–H and O–H groups in total. The minimum Gasteiger partial charge on any atom is -0.508 e.